The fourth-order valence-corrected chi connectivity index (χ4v) is 4.42. The van der Waals surface area contributed by atoms with Crippen molar-refractivity contribution in [2.75, 3.05) is 22.9 Å². The first kappa shape index (κ1) is 17.8. The number of rotatable bonds is 3. The van der Waals surface area contributed by atoms with Gasteiger partial charge in [-0.2, -0.15) is 5.10 Å². The summed E-state index contributed by atoms with van der Waals surface area (Å²) in [6.07, 6.45) is 7.24. The number of amides is 1. The molecule has 1 fully saturated rings. The molecule has 0 radical (unpaired) electrons. The van der Waals surface area contributed by atoms with Crippen molar-refractivity contribution < 1.29 is 4.79 Å². The van der Waals surface area contributed by atoms with Crippen LogP contribution in [0.2, 0.25) is 0 Å². The lowest BCUT2D eigenvalue weighted by Crippen LogP contribution is -2.45. The van der Waals surface area contributed by atoms with Gasteiger partial charge in [0.1, 0.15) is 24.8 Å². The Hall–Kier alpha value is -3.29. The molecule has 8 heteroatoms. The Balaban J connectivity index is 1.28. The molecule has 148 valence electrons. The summed E-state index contributed by atoms with van der Waals surface area (Å²) in [5.41, 5.74) is 2.35. The van der Waals surface area contributed by atoms with Crippen molar-refractivity contribution in [3.05, 3.63) is 54.9 Å². The second-order valence-corrected chi connectivity index (χ2v) is 7.73. The molecule has 0 unspecified atom stereocenters. The number of para-hydroxylation sites is 1. The van der Waals surface area contributed by atoms with E-state index < -0.39 is 0 Å². The Labute approximate surface area is 169 Å². The van der Waals surface area contributed by atoms with E-state index in [-0.39, 0.29) is 17.9 Å². The molecule has 0 spiro atoms. The number of carbonyl (C=O) groups is 1. The molecule has 2 aliphatic rings. The van der Waals surface area contributed by atoms with Gasteiger partial charge >= 0.3 is 0 Å². The number of aromatic nitrogens is 5. The lowest BCUT2D eigenvalue weighted by Gasteiger charge is -2.35. The zero-order chi connectivity index (χ0) is 19.8. The van der Waals surface area contributed by atoms with Crippen LogP contribution in [0.1, 0.15) is 25.3 Å². The number of nitrogens with zero attached hydrogens (tertiary/aromatic N) is 7. The van der Waals surface area contributed by atoms with E-state index in [0.717, 1.165) is 43.9 Å². The van der Waals surface area contributed by atoms with Gasteiger partial charge in [-0.25, -0.2) is 19.6 Å². The van der Waals surface area contributed by atoms with Crippen molar-refractivity contribution in [3.63, 3.8) is 0 Å². The Morgan fingerprint density at radius 3 is 2.66 bits per heavy atom. The first-order valence-corrected chi connectivity index (χ1v) is 10.0. The molecule has 1 amide bonds. The molecule has 2 aliphatic heterocycles. The third kappa shape index (κ3) is 3.24. The standard InChI is InChI=1S/C21H23N7O/c1-15-10-17-4-2-3-5-18(17)28(15)21(29)16-6-8-26(9-7-16)19-11-20(24-13-23-19)27-14-22-12-25-27/h2-5,11-16H,6-10H2,1H3/t15-/m0/s1. The number of hydrogen-bond donors (Lipinski definition) is 0. The Bertz CT molecular complexity index is 1010. The van der Waals surface area contributed by atoms with Gasteiger partial charge in [0.2, 0.25) is 5.91 Å². The van der Waals surface area contributed by atoms with Crippen molar-refractivity contribution in [3.8, 4) is 5.82 Å². The minimum Gasteiger partial charge on any atom is -0.356 e. The van der Waals surface area contributed by atoms with Crippen LogP contribution in [0.4, 0.5) is 11.5 Å². The summed E-state index contributed by atoms with van der Waals surface area (Å²) in [4.78, 5) is 30.2. The first-order chi connectivity index (χ1) is 14.2. The maximum Gasteiger partial charge on any atom is 0.230 e. The van der Waals surface area contributed by atoms with Gasteiger partial charge in [-0.15, -0.1) is 0 Å². The molecule has 1 atom stereocenters. The number of hydrogen-bond acceptors (Lipinski definition) is 6. The monoisotopic (exact) mass is 389 g/mol. The van der Waals surface area contributed by atoms with E-state index in [4.69, 9.17) is 0 Å². The third-order valence-corrected chi connectivity index (χ3v) is 5.90. The normalized spacial score (nSPS) is 19.4. The zero-order valence-corrected chi connectivity index (χ0v) is 16.3. The SMILES string of the molecule is C[C@H]1Cc2ccccc2N1C(=O)C1CCN(c2cc(-n3cncn3)ncn2)CC1. The predicted octanol–water partition coefficient (Wildman–Crippen LogP) is 2.25. The van der Waals surface area contributed by atoms with Gasteiger partial charge in [-0.1, -0.05) is 18.2 Å². The largest absolute Gasteiger partial charge is 0.356 e. The van der Waals surface area contributed by atoms with Crippen LogP contribution in [-0.4, -0.2) is 49.8 Å². The highest BCUT2D eigenvalue weighted by molar-refractivity contribution is 5.97. The van der Waals surface area contributed by atoms with E-state index in [1.807, 2.05) is 23.1 Å². The predicted molar refractivity (Wildman–Crippen MR) is 109 cm³/mol. The molecule has 0 bridgehead atoms. The van der Waals surface area contributed by atoms with Crippen LogP contribution in [0.3, 0.4) is 0 Å². The van der Waals surface area contributed by atoms with Gasteiger partial charge in [0, 0.05) is 36.8 Å². The molecule has 8 nitrogen and oxygen atoms in total. The van der Waals surface area contributed by atoms with Crippen molar-refractivity contribution in [1.82, 2.24) is 24.7 Å². The van der Waals surface area contributed by atoms with Crippen LogP contribution in [0.15, 0.2) is 49.3 Å². The highest BCUT2D eigenvalue weighted by Crippen LogP contribution is 2.35. The summed E-state index contributed by atoms with van der Waals surface area (Å²) in [5, 5.41) is 4.12. The average molecular weight is 389 g/mol. The topological polar surface area (TPSA) is 80.0 Å². The Morgan fingerprint density at radius 1 is 1.07 bits per heavy atom. The van der Waals surface area contributed by atoms with Crippen molar-refractivity contribution in [1.29, 1.82) is 0 Å². The summed E-state index contributed by atoms with van der Waals surface area (Å²) in [7, 11) is 0. The molecule has 0 aliphatic carbocycles. The molecule has 0 saturated carbocycles. The van der Waals surface area contributed by atoms with Gasteiger partial charge in [0.25, 0.3) is 0 Å². The van der Waals surface area contributed by atoms with E-state index in [1.54, 1.807) is 17.3 Å². The summed E-state index contributed by atoms with van der Waals surface area (Å²) in [6, 6.07) is 10.4. The van der Waals surface area contributed by atoms with Crippen LogP contribution in [-0.2, 0) is 11.2 Å². The Kier molecular flexibility index (Phi) is 4.46. The van der Waals surface area contributed by atoms with Crippen molar-refractivity contribution >= 4 is 17.4 Å². The van der Waals surface area contributed by atoms with Gasteiger partial charge < -0.3 is 9.80 Å². The maximum absolute atomic E-state index is 13.3. The van der Waals surface area contributed by atoms with Gasteiger partial charge in [0.15, 0.2) is 5.82 Å². The van der Waals surface area contributed by atoms with Crippen molar-refractivity contribution in [2.24, 2.45) is 5.92 Å². The number of piperidine rings is 1. The lowest BCUT2D eigenvalue weighted by molar-refractivity contribution is -0.123. The van der Waals surface area contributed by atoms with E-state index in [9.17, 15) is 4.79 Å². The minimum absolute atomic E-state index is 0.0523. The second-order valence-electron chi connectivity index (χ2n) is 7.73. The molecule has 29 heavy (non-hydrogen) atoms. The fourth-order valence-electron chi connectivity index (χ4n) is 4.42. The smallest absolute Gasteiger partial charge is 0.230 e. The first-order valence-electron chi connectivity index (χ1n) is 10.0. The Morgan fingerprint density at radius 2 is 1.86 bits per heavy atom. The lowest BCUT2D eigenvalue weighted by atomic mass is 9.94. The summed E-state index contributed by atoms with van der Waals surface area (Å²) in [5.74, 6) is 1.86. The molecular weight excluding hydrogens is 366 g/mol. The van der Waals surface area contributed by atoms with Gasteiger partial charge in [-0.05, 0) is 37.8 Å². The van der Waals surface area contributed by atoms with Gasteiger partial charge in [0.05, 0.1) is 0 Å². The van der Waals surface area contributed by atoms with E-state index in [0.29, 0.717) is 5.82 Å². The molecule has 1 aromatic carbocycles. The zero-order valence-electron chi connectivity index (χ0n) is 16.3. The van der Waals surface area contributed by atoms with Crippen LogP contribution in [0.25, 0.3) is 5.82 Å². The summed E-state index contributed by atoms with van der Waals surface area (Å²) in [6.45, 7) is 3.74. The molecule has 2 aromatic heterocycles. The number of anilines is 2. The number of carbonyl (C=O) groups excluding carboxylic acids is 1. The van der Waals surface area contributed by atoms with Gasteiger partial charge in [-0.3, -0.25) is 4.79 Å². The summed E-state index contributed by atoms with van der Waals surface area (Å²) >= 11 is 0. The van der Waals surface area contributed by atoms with Crippen LogP contribution in [0, 0.1) is 5.92 Å². The molecule has 4 heterocycles. The second kappa shape index (κ2) is 7.27. The van der Waals surface area contributed by atoms with Crippen LogP contribution < -0.4 is 9.80 Å². The van der Waals surface area contributed by atoms with Crippen LogP contribution in [0.5, 0.6) is 0 Å². The molecule has 3 aromatic rings. The van der Waals surface area contributed by atoms with E-state index in [1.165, 1.54) is 11.9 Å². The van der Waals surface area contributed by atoms with E-state index in [2.05, 4.69) is 44.0 Å². The quantitative estimate of drug-likeness (QED) is 0.684. The molecule has 0 N–H and O–H groups in total. The minimum atomic E-state index is 0.0523. The fraction of sp³-hybridized carbons (Fsp3) is 0.381. The molecule has 1 saturated heterocycles. The van der Waals surface area contributed by atoms with Crippen LogP contribution >= 0.6 is 0 Å². The summed E-state index contributed by atoms with van der Waals surface area (Å²) < 4.78 is 1.62. The highest BCUT2D eigenvalue weighted by Gasteiger charge is 2.36. The van der Waals surface area contributed by atoms with Crippen molar-refractivity contribution in [2.45, 2.75) is 32.2 Å². The third-order valence-electron chi connectivity index (χ3n) is 5.90. The average Bonchev–Trinajstić information content (AvgIpc) is 3.41. The molecule has 5 rings (SSSR count). The number of benzene rings is 1. The highest BCUT2D eigenvalue weighted by atomic mass is 16.2. The van der Waals surface area contributed by atoms with E-state index >= 15 is 0 Å². The number of fused-ring (bicyclic) bond motifs is 1. The molecular formula is C21H23N7O. The maximum atomic E-state index is 13.3.